The predicted octanol–water partition coefficient (Wildman–Crippen LogP) is 2.48. The molecule has 1 aliphatic heterocycles. The Morgan fingerprint density at radius 2 is 1.97 bits per heavy atom. The van der Waals surface area contributed by atoms with Crippen molar-refractivity contribution in [2.24, 2.45) is 11.7 Å². The summed E-state index contributed by atoms with van der Waals surface area (Å²) in [5.41, 5.74) is 15.1. The first-order chi connectivity index (χ1) is 16.6. The van der Waals surface area contributed by atoms with Gasteiger partial charge in [0, 0.05) is 25.3 Å². The minimum atomic E-state index is -0.427. The van der Waals surface area contributed by atoms with Crippen LogP contribution in [0.25, 0.3) is 11.4 Å². The summed E-state index contributed by atoms with van der Waals surface area (Å²) in [6.45, 7) is 2.23. The van der Waals surface area contributed by atoms with Crippen molar-refractivity contribution in [3.63, 3.8) is 0 Å². The van der Waals surface area contributed by atoms with E-state index in [0.29, 0.717) is 35.5 Å². The van der Waals surface area contributed by atoms with Crippen LogP contribution in [-0.4, -0.2) is 51.6 Å². The van der Waals surface area contributed by atoms with E-state index in [-0.39, 0.29) is 17.4 Å². The molecular weight excluding hydrogens is 432 g/mol. The average Bonchev–Trinajstić information content (AvgIpc) is 3.68. The zero-order valence-corrected chi connectivity index (χ0v) is 18.9. The lowest BCUT2D eigenvalue weighted by atomic mass is 10.1. The van der Waals surface area contributed by atoms with Gasteiger partial charge in [-0.05, 0) is 49.8 Å². The van der Waals surface area contributed by atoms with Crippen LogP contribution < -0.4 is 26.4 Å². The molecule has 3 aromatic heterocycles. The Bertz CT molecular complexity index is 1180. The highest BCUT2D eigenvalue weighted by Gasteiger charge is 2.23. The summed E-state index contributed by atoms with van der Waals surface area (Å²) in [6.07, 6.45) is 10.9. The summed E-state index contributed by atoms with van der Waals surface area (Å²) in [5.74, 6) is 0.617. The molecule has 0 radical (unpaired) electrons. The molecule has 0 spiro atoms. The molecule has 0 unspecified atom stereocenters. The molecule has 176 valence electrons. The SMILES string of the molecule is Nc1ccc(-c2cncc(OCC3CC3)n2)nc1C(=O)Nc1cnccc1N1CCC[C@H](N)C1. The summed E-state index contributed by atoms with van der Waals surface area (Å²) in [4.78, 5) is 32.7. The Balaban J connectivity index is 1.36. The van der Waals surface area contributed by atoms with Gasteiger partial charge in [-0.1, -0.05) is 0 Å². The molecule has 5 rings (SSSR count). The lowest BCUT2D eigenvalue weighted by Gasteiger charge is -2.33. The molecule has 10 heteroatoms. The van der Waals surface area contributed by atoms with Crippen molar-refractivity contribution in [1.82, 2.24) is 19.9 Å². The number of piperidine rings is 1. The second-order valence-electron chi connectivity index (χ2n) is 8.83. The minimum Gasteiger partial charge on any atom is -0.476 e. The highest BCUT2D eigenvalue weighted by atomic mass is 16.5. The fraction of sp³-hybridized carbons (Fsp3) is 0.375. The van der Waals surface area contributed by atoms with Crippen LogP contribution in [0.3, 0.4) is 0 Å². The Morgan fingerprint density at radius 1 is 1.09 bits per heavy atom. The number of rotatable bonds is 7. The van der Waals surface area contributed by atoms with E-state index in [1.165, 1.54) is 12.8 Å². The molecular formula is C24H28N8O2. The third-order valence-electron chi connectivity index (χ3n) is 6.03. The Hall–Kier alpha value is -3.79. The number of nitrogens with one attached hydrogen (secondary N) is 1. The van der Waals surface area contributed by atoms with E-state index in [9.17, 15) is 4.79 Å². The number of nitrogens with zero attached hydrogens (tertiary/aromatic N) is 5. The van der Waals surface area contributed by atoms with Crippen LogP contribution in [-0.2, 0) is 0 Å². The fourth-order valence-corrected chi connectivity index (χ4v) is 3.99. The molecule has 1 saturated heterocycles. The highest BCUT2D eigenvalue weighted by Crippen LogP contribution is 2.30. The van der Waals surface area contributed by atoms with E-state index in [1.54, 1.807) is 36.9 Å². The first-order valence-corrected chi connectivity index (χ1v) is 11.5. The first-order valence-electron chi connectivity index (χ1n) is 11.5. The number of ether oxygens (including phenoxy) is 1. The number of carbonyl (C=O) groups excluding carboxylic acids is 1. The van der Waals surface area contributed by atoms with Crippen LogP contribution in [0.5, 0.6) is 5.88 Å². The molecule has 0 bridgehead atoms. The maximum absolute atomic E-state index is 13.2. The molecule has 1 amide bonds. The molecule has 34 heavy (non-hydrogen) atoms. The first kappa shape index (κ1) is 22.0. The zero-order chi connectivity index (χ0) is 23.5. The number of amides is 1. The monoisotopic (exact) mass is 460 g/mol. The van der Waals surface area contributed by atoms with Gasteiger partial charge in [0.2, 0.25) is 5.88 Å². The van der Waals surface area contributed by atoms with Crippen LogP contribution in [0.2, 0.25) is 0 Å². The number of carbonyl (C=O) groups is 1. The van der Waals surface area contributed by atoms with Crippen molar-refractivity contribution in [2.75, 3.05) is 35.6 Å². The lowest BCUT2D eigenvalue weighted by Crippen LogP contribution is -2.43. The summed E-state index contributed by atoms with van der Waals surface area (Å²) in [5, 5.41) is 2.92. The third kappa shape index (κ3) is 5.07. The molecule has 4 heterocycles. The van der Waals surface area contributed by atoms with Gasteiger partial charge >= 0.3 is 0 Å². The smallest absolute Gasteiger partial charge is 0.276 e. The molecule has 2 fully saturated rings. The molecule has 2 aliphatic rings. The second kappa shape index (κ2) is 9.60. The van der Waals surface area contributed by atoms with Crippen molar-refractivity contribution in [1.29, 1.82) is 0 Å². The molecule has 1 saturated carbocycles. The molecule has 3 aromatic rings. The predicted molar refractivity (Wildman–Crippen MR) is 130 cm³/mol. The van der Waals surface area contributed by atoms with E-state index >= 15 is 0 Å². The maximum atomic E-state index is 13.2. The van der Waals surface area contributed by atoms with E-state index in [0.717, 1.165) is 31.6 Å². The maximum Gasteiger partial charge on any atom is 0.276 e. The second-order valence-corrected chi connectivity index (χ2v) is 8.83. The zero-order valence-electron chi connectivity index (χ0n) is 18.9. The number of nitrogens with two attached hydrogens (primary N) is 2. The van der Waals surface area contributed by atoms with Gasteiger partial charge in [-0.25, -0.2) is 9.97 Å². The Kier molecular flexibility index (Phi) is 6.22. The van der Waals surface area contributed by atoms with Crippen LogP contribution >= 0.6 is 0 Å². The standard InChI is InChI=1S/C24H28N8O2/c25-16-2-1-9-32(13-16)21-7-8-27-11-20(21)31-24(33)23-17(26)5-6-18(30-23)19-10-28-12-22(29-19)34-14-15-3-4-15/h5-8,10-12,15-16H,1-4,9,13-14,25-26H2,(H,31,33)/t16-/m0/s1. The molecule has 1 aliphatic carbocycles. The summed E-state index contributed by atoms with van der Waals surface area (Å²) >= 11 is 0. The molecule has 0 aromatic carbocycles. The van der Waals surface area contributed by atoms with Gasteiger partial charge in [0.1, 0.15) is 5.69 Å². The van der Waals surface area contributed by atoms with Crippen molar-refractivity contribution in [2.45, 2.75) is 31.7 Å². The lowest BCUT2D eigenvalue weighted by molar-refractivity contribution is 0.102. The minimum absolute atomic E-state index is 0.101. The highest BCUT2D eigenvalue weighted by molar-refractivity contribution is 6.07. The van der Waals surface area contributed by atoms with E-state index in [1.807, 2.05) is 6.07 Å². The van der Waals surface area contributed by atoms with Gasteiger partial charge in [0.05, 0.1) is 48.0 Å². The van der Waals surface area contributed by atoms with E-state index < -0.39 is 5.91 Å². The van der Waals surface area contributed by atoms with Crippen molar-refractivity contribution >= 4 is 23.0 Å². The van der Waals surface area contributed by atoms with Gasteiger partial charge in [0.25, 0.3) is 5.91 Å². The van der Waals surface area contributed by atoms with Crippen molar-refractivity contribution < 1.29 is 9.53 Å². The average molecular weight is 461 g/mol. The summed E-state index contributed by atoms with van der Waals surface area (Å²) in [6, 6.07) is 5.34. The van der Waals surface area contributed by atoms with Gasteiger partial charge in [-0.15, -0.1) is 0 Å². The van der Waals surface area contributed by atoms with Crippen LogP contribution in [0.4, 0.5) is 17.1 Å². The van der Waals surface area contributed by atoms with Gasteiger partial charge < -0.3 is 26.4 Å². The molecule has 1 atom stereocenters. The van der Waals surface area contributed by atoms with E-state index in [4.69, 9.17) is 16.2 Å². The van der Waals surface area contributed by atoms with Gasteiger partial charge in [-0.3, -0.25) is 14.8 Å². The summed E-state index contributed by atoms with van der Waals surface area (Å²) in [7, 11) is 0. The van der Waals surface area contributed by atoms with Gasteiger partial charge in [0.15, 0.2) is 5.69 Å². The Morgan fingerprint density at radius 3 is 2.79 bits per heavy atom. The van der Waals surface area contributed by atoms with Gasteiger partial charge in [-0.2, -0.15) is 0 Å². The fourth-order valence-electron chi connectivity index (χ4n) is 3.99. The topological polar surface area (TPSA) is 145 Å². The Labute approximate surface area is 197 Å². The molecule has 10 nitrogen and oxygen atoms in total. The van der Waals surface area contributed by atoms with E-state index in [2.05, 4.69) is 30.2 Å². The normalized spacial score (nSPS) is 17.9. The van der Waals surface area contributed by atoms with Crippen LogP contribution in [0.1, 0.15) is 36.2 Å². The largest absolute Gasteiger partial charge is 0.476 e. The van der Waals surface area contributed by atoms with Crippen LogP contribution in [0, 0.1) is 5.92 Å². The third-order valence-corrected chi connectivity index (χ3v) is 6.03. The van der Waals surface area contributed by atoms with Crippen molar-refractivity contribution in [3.8, 4) is 17.3 Å². The van der Waals surface area contributed by atoms with Crippen LogP contribution in [0.15, 0.2) is 43.0 Å². The van der Waals surface area contributed by atoms with Crippen molar-refractivity contribution in [3.05, 3.63) is 48.7 Å². The molecule has 5 N–H and O–H groups in total. The number of pyridine rings is 2. The quantitative estimate of drug-likeness (QED) is 0.484. The number of hydrogen-bond donors (Lipinski definition) is 3. The number of hydrogen-bond acceptors (Lipinski definition) is 9. The number of aromatic nitrogens is 4. The number of nitrogen functional groups attached to an aromatic ring is 1. The number of anilines is 3. The summed E-state index contributed by atoms with van der Waals surface area (Å²) < 4.78 is 5.72.